The Hall–Kier alpha value is -0.160. The molecule has 3 unspecified atom stereocenters. The summed E-state index contributed by atoms with van der Waals surface area (Å²) in [5.41, 5.74) is 5.66. The lowest BCUT2D eigenvalue weighted by Crippen LogP contribution is -2.45. The SMILES string of the molecule is CC(CO)OC(C(C)C)C(N)CO. The first-order valence-corrected chi connectivity index (χ1v) is 4.65. The monoisotopic (exact) mass is 191 g/mol. The van der Waals surface area contributed by atoms with E-state index in [0.29, 0.717) is 0 Å². The number of rotatable bonds is 6. The van der Waals surface area contributed by atoms with Crippen LogP contribution >= 0.6 is 0 Å². The second kappa shape index (κ2) is 6.32. The Morgan fingerprint density at radius 3 is 2.00 bits per heavy atom. The molecule has 4 heteroatoms. The first-order valence-electron chi connectivity index (χ1n) is 4.65. The summed E-state index contributed by atoms with van der Waals surface area (Å²) in [6, 6.07) is -0.381. The van der Waals surface area contributed by atoms with E-state index in [4.69, 9.17) is 20.7 Å². The van der Waals surface area contributed by atoms with Crippen molar-refractivity contribution >= 4 is 0 Å². The van der Waals surface area contributed by atoms with Crippen LogP contribution in [0.4, 0.5) is 0 Å². The van der Waals surface area contributed by atoms with Crippen LogP contribution in [0, 0.1) is 5.92 Å². The van der Waals surface area contributed by atoms with Crippen LogP contribution in [0.25, 0.3) is 0 Å². The number of hydrogen-bond acceptors (Lipinski definition) is 4. The van der Waals surface area contributed by atoms with Gasteiger partial charge < -0.3 is 20.7 Å². The predicted octanol–water partition coefficient (Wildman–Crippen LogP) is -0.272. The quantitative estimate of drug-likeness (QED) is 0.540. The second-order valence-electron chi connectivity index (χ2n) is 3.68. The van der Waals surface area contributed by atoms with Gasteiger partial charge in [0.05, 0.1) is 31.5 Å². The summed E-state index contributed by atoms with van der Waals surface area (Å²) < 4.78 is 5.48. The lowest BCUT2D eigenvalue weighted by molar-refractivity contribution is -0.0667. The highest BCUT2D eigenvalue weighted by atomic mass is 16.5. The fourth-order valence-corrected chi connectivity index (χ4v) is 1.17. The zero-order valence-corrected chi connectivity index (χ0v) is 8.60. The Bertz CT molecular complexity index is 130. The Labute approximate surface area is 79.7 Å². The summed E-state index contributed by atoms with van der Waals surface area (Å²) >= 11 is 0. The summed E-state index contributed by atoms with van der Waals surface area (Å²) in [5, 5.41) is 17.7. The van der Waals surface area contributed by atoms with Crippen molar-refractivity contribution in [3.05, 3.63) is 0 Å². The summed E-state index contributed by atoms with van der Waals surface area (Å²) in [5.74, 6) is 0.233. The zero-order chi connectivity index (χ0) is 10.4. The molecule has 0 fully saturated rings. The number of nitrogens with two attached hydrogens (primary N) is 1. The van der Waals surface area contributed by atoms with Crippen molar-refractivity contribution in [1.82, 2.24) is 0 Å². The van der Waals surface area contributed by atoms with Crippen LogP contribution in [0.15, 0.2) is 0 Å². The Morgan fingerprint density at radius 2 is 1.69 bits per heavy atom. The maximum absolute atomic E-state index is 8.87. The van der Waals surface area contributed by atoms with E-state index in [1.54, 1.807) is 6.92 Å². The van der Waals surface area contributed by atoms with Gasteiger partial charge in [-0.3, -0.25) is 0 Å². The fourth-order valence-electron chi connectivity index (χ4n) is 1.17. The molecule has 4 nitrogen and oxygen atoms in total. The van der Waals surface area contributed by atoms with Gasteiger partial charge in [0, 0.05) is 0 Å². The minimum absolute atomic E-state index is 0.0264. The molecular weight excluding hydrogens is 170 g/mol. The van der Waals surface area contributed by atoms with E-state index in [-0.39, 0.29) is 37.4 Å². The largest absolute Gasteiger partial charge is 0.395 e. The van der Waals surface area contributed by atoms with Gasteiger partial charge in [-0.2, -0.15) is 0 Å². The molecule has 13 heavy (non-hydrogen) atoms. The molecule has 0 spiro atoms. The van der Waals surface area contributed by atoms with Gasteiger partial charge in [0.1, 0.15) is 0 Å². The van der Waals surface area contributed by atoms with Crippen LogP contribution in [0.2, 0.25) is 0 Å². The van der Waals surface area contributed by atoms with Crippen molar-refractivity contribution in [2.75, 3.05) is 13.2 Å². The standard InChI is InChI=1S/C9H21NO3/c1-6(2)9(8(10)5-12)13-7(3)4-11/h6-9,11-12H,4-5,10H2,1-3H3. The van der Waals surface area contributed by atoms with Crippen LogP contribution in [-0.2, 0) is 4.74 Å². The molecule has 4 N–H and O–H groups in total. The Balaban J connectivity index is 4.09. The average molecular weight is 191 g/mol. The molecule has 0 amide bonds. The fraction of sp³-hybridized carbons (Fsp3) is 1.00. The molecule has 80 valence electrons. The molecule has 0 bridgehead atoms. The first kappa shape index (κ1) is 12.8. The highest BCUT2D eigenvalue weighted by molar-refractivity contribution is 4.76. The van der Waals surface area contributed by atoms with Gasteiger partial charge in [-0.1, -0.05) is 13.8 Å². The third-order valence-corrected chi connectivity index (χ3v) is 1.94. The molecule has 0 saturated carbocycles. The van der Waals surface area contributed by atoms with Crippen molar-refractivity contribution in [2.45, 2.75) is 39.0 Å². The second-order valence-corrected chi connectivity index (χ2v) is 3.68. The Morgan fingerprint density at radius 1 is 1.15 bits per heavy atom. The molecule has 0 aromatic heterocycles. The lowest BCUT2D eigenvalue weighted by Gasteiger charge is -2.28. The molecule has 0 aliphatic rings. The first-order chi connectivity index (χ1) is 6.02. The third kappa shape index (κ3) is 4.57. The van der Waals surface area contributed by atoms with E-state index < -0.39 is 0 Å². The van der Waals surface area contributed by atoms with E-state index in [1.807, 2.05) is 13.8 Å². The van der Waals surface area contributed by atoms with Crippen molar-refractivity contribution in [3.63, 3.8) is 0 Å². The maximum Gasteiger partial charge on any atom is 0.0782 e. The highest BCUT2D eigenvalue weighted by Gasteiger charge is 2.23. The maximum atomic E-state index is 8.87. The van der Waals surface area contributed by atoms with E-state index in [2.05, 4.69) is 0 Å². The highest BCUT2D eigenvalue weighted by Crippen LogP contribution is 2.12. The van der Waals surface area contributed by atoms with Gasteiger partial charge in [-0.25, -0.2) is 0 Å². The van der Waals surface area contributed by atoms with Gasteiger partial charge in [0.2, 0.25) is 0 Å². The van der Waals surface area contributed by atoms with Gasteiger partial charge in [0.25, 0.3) is 0 Å². The molecular formula is C9H21NO3. The minimum atomic E-state index is -0.381. The molecule has 0 aromatic rings. The number of hydrogen-bond donors (Lipinski definition) is 3. The van der Waals surface area contributed by atoms with Gasteiger partial charge in [-0.15, -0.1) is 0 Å². The van der Waals surface area contributed by atoms with Crippen molar-refractivity contribution in [2.24, 2.45) is 11.7 Å². The smallest absolute Gasteiger partial charge is 0.0782 e. The van der Waals surface area contributed by atoms with Gasteiger partial charge in [-0.05, 0) is 12.8 Å². The van der Waals surface area contributed by atoms with Crippen LogP contribution < -0.4 is 5.73 Å². The Kier molecular flexibility index (Phi) is 6.24. The minimum Gasteiger partial charge on any atom is -0.395 e. The summed E-state index contributed by atoms with van der Waals surface area (Å²) in [4.78, 5) is 0. The van der Waals surface area contributed by atoms with E-state index in [1.165, 1.54) is 0 Å². The summed E-state index contributed by atoms with van der Waals surface area (Å²) in [6.07, 6.45) is -0.433. The van der Waals surface area contributed by atoms with E-state index in [9.17, 15) is 0 Å². The average Bonchev–Trinajstić information content (AvgIpc) is 2.11. The number of aliphatic hydroxyl groups is 2. The van der Waals surface area contributed by atoms with Gasteiger partial charge in [0.15, 0.2) is 0 Å². The predicted molar refractivity (Wildman–Crippen MR) is 51.3 cm³/mol. The summed E-state index contributed by atoms with van der Waals surface area (Å²) in [6.45, 7) is 5.61. The molecule has 0 rings (SSSR count). The van der Waals surface area contributed by atoms with Crippen molar-refractivity contribution in [3.8, 4) is 0 Å². The topological polar surface area (TPSA) is 75.7 Å². The van der Waals surface area contributed by atoms with Crippen LogP contribution in [0.5, 0.6) is 0 Å². The molecule has 0 aliphatic carbocycles. The third-order valence-electron chi connectivity index (χ3n) is 1.94. The van der Waals surface area contributed by atoms with Crippen LogP contribution in [-0.4, -0.2) is 41.7 Å². The molecule has 0 saturated heterocycles. The lowest BCUT2D eigenvalue weighted by atomic mass is 10.0. The normalized spacial score (nSPS) is 18.7. The summed E-state index contributed by atoms with van der Waals surface area (Å²) in [7, 11) is 0. The van der Waals surface area contributed by atoms with Crippen molar-refractivity contribution < 1.29 is 14.9 Å². The van der Waals surface area contributed by atoms with Gasteiger partial charge >= 0.3 is 0 Å². The number of aliphatic hydroxyl groups excluding tert-OH is 2. The molecule has 0 aliphatic heterocycles. The molecule has 0 radical (unpaired) electrons. The van der Waals surface area contributed by atoms with Crippen molar-refractivity contribution in [1.29, 1.82) is 0 Å². The zero-order valence-electron chi connectivity index (χ0n) is 8.60. The number of ether oxygens (including phenoxy) is 1. The molecule has 3 atom stereocenters. The van der Waals surface area contributed by atoms with E-state index >= 15 is 0 Å². The molecule has 0 heterocycles. The van der Waals surface area contributed by atoms with Crippen LogP contribution in [0.3, 0.4) is 0 Å². The molecule has 0 aromatic carbocycles. The van der Waals surface area contributed by atoms with E-state index in [0.717, 1.165) is 0 Å². The van der Waals surface area contributed by atoms with Crippen LogP contribution in [0.1, 0.15) is 20.8 Å².